The van der Waals surface area contributed by atoms with Gasteiger partial charge in [-0.2, -0.15) is 0 Å². The summed E-state index contributed by atoms with van der Waals surface area (Å²) in [4.78, 5) is 6.52. The Labute approximate surface area is 180 Å². The predicted octanol–water partition coefficient (Wildman–Crippen LogP) is 3.78. The van der Waals surface area contributed by atoms with Crippen LogP contribution < -0.4 is 28.6 Å². The number of likely N-dealkylation sites (N-methyl/N-ethyl adjacent to an activating group) is 1. The van der Waals surface area contributed by atoms with Gasteiger partial charge >= 0.3 is 0 Å². The van der Waals surface area contributed by atoms with Gasteiger partial charge < -0.3 is 28.6 Å². The predicted molar refractivity (Wildman–Crippen MR) is 114 cm³/mol. The van der Waals surface area contributed by atoms with E-state index in [2.05, 4.69) is 29.1 Å². The number of fused-ring (bicyclic) bond motifs is 5. The van der Waals surface area contributed by atoms with Gasteiger partial charge in [0.2, 0.25) is 5.88 Å². The maximum Gasteiger partial charge on any atom is 0.213 e. The SMILES string of the molecule is COc1ccc(Oc2cccc3c2C2(COc4cc5c(cc42)OCCO5)CN3C)cn1. The van der Waals surface area contributed by atoms with Crippen LogP contribution in [0.15, 0.2) is 48.7 Å². The van der Waals surface area contributed by atoms with Crippen molar-refractivity contribution in [1.29, 1.82) is 0 Å². The lowest BCUT2D eigenvalue weighted by molar-refractivity contribution is 0.171. The number of pyridine rings is 1. The minimum absolute atomic E-state index is 0.355. The molecular formula is C24H22N2O5. The molecule has 0 aliphatic carbocycles. The Bertz CT molecular complexity index is 1160. The van der Waals surface area contributed by atoms with Gasteiger partial charge in [-0.25, -0.2) is 4.98 Å². The molecule has 0 amide bonds. The van der Waals surface area contributed by atoms with Crippen molar-refractivity contribution in [2.75, 3.05) is 45.4 Å². The zero-order valence-corrected chi connectivity index (χ0v) is 17.4. The number of ether oxygens (including phenoxy) is 5. The van der Waals surface area contributed by atoms with Gasteiger partial charge in [-0.1, -0.05) is 6.07 Å². The zero-order chi connectivity index (χ0) is 21.0. The van der Waals surface area contributed by atoms with Crippen LogP contribution in [-0.4, -0.2) is 45.5 Å². The molecule has 6 rings (SSSR count). The second-order valence-corrected chi connectivity index (χ2v) is 8.01. The lowest BCUT2D eigenvalue weighted by Crippen LogP contribution is -2.34. The number of aromatic nitrogens is 1. The van der Waals surface area contributed by atoms with Gasteiger partial charge in [0.1, 0.15) is 37.1 Å². The molecule has 3 aromatic rings. The van der Waals surface area contributed by atoms with Crippen LogP contribution >= 0.6 is 0 Å². The normalized spacial score (nSPS) is 20.3. The average Bonchev–Trinajstić information content (AvgIpc) is 3.30. The van der Waals surface area contributed by atoms with Crippen LogP contribution in [0.25, 0.3) is 0 Å². The van der Waals surface area contributed by atoms with Gasteiger partial charge in [0, 0.05) is 42.5 Å². The standard InChI is InChI=1S/C24H22N2O5/c1-26-13-24(14-30-19-11-21-20(10-16(19)24)28-8-9-29-21)23-17(26)4-3-5-18(23)31-15-6-7-22(27-2)25-12-15/h3-7,10-12H,8-9,13-14H2,1-2H3. The Hall–Kier alpha value is -3.61. The molecule has 7 heteroatoms. The first-order valence-electron chi connectivity index (χ1n) is 10.3. The van der Waals surface area contributed by atoms with Crippen LogP contribution in [0.4, 0.5) is 5.69 Å². The average molecular weight is 418 g/mol. The van der Waals surface area contributed by atoms with Crippen LogP contribution in [0, 0.1) is 0 Å². The van der Waals surface area contributed by atoms with Gasteiger partial charge in [-0.05, 0) is 24.3 Å². The van der Waals surface area contributed by atoms with Crippen molar-refractivity contribution in [2.45, 2.75) is 5.41 Å². The van der Waals surface area contributed by atoms with Crippen molar-refractivity contribution < 1.29 is 23.7 Å². The molecule has 3 aliphatic heterocycles. The third-order valence-corrected chi connectivity index (χ3v) is 6.18. The molecule has 1 unspecified atom stereocenters. The van der Waals surface area contributed by atoms with Crippen molar-refractivity contribution in [3.05, 3.63) is 59.8 Å². The lowest BCUT2D eigenvalue weighted by Gasteiger charge is -2.26. The molecule has 1 atom stereocenters. The number of nitrogens with zero attached hydrogens (tertiary/aromatic N) is 2. The fourth-order valence-electron chi connectivity index (χ4n) is 4.83. The van der Waals surface area contributed by atoms with E-state index < -0.39 is 0 Å². The Kier molecular flexibility index (Phi) is 3.93. The summed E-state index contributed by atoms with van der Waals surface area (Å²) < 4.78 is 29.3. The third-order valence-electron chi connectivity index (χ3n) is 6.18. The van der Waals surface area contributed by atoms with E-state index in [1.165, 1.54) is 0 Å². The molecule has 0 bridgehead atoms. The topological polar surface area (TPSA) is 62.3 Å². The van der Waals surface area contributed by atoms with E-state index in [0.717, 1.165) is 46.4 Å². The second-order valence-electron chi connectivity index (χ2n) is 8.01. The molecule has 0 radical (unpaired) electrons. The largest absolute Gasteiger partial charge is 0.492 e. The highest BCUT2D eigenvalue weighted by Crippen LogP contribution is 2.56. The van der Waals surface area contributed by atoms with Crippen LogP contribution in [0.2, 0.25) is 0 Å². The minimum Gasteiger partial charge on any atom is -0.492 e. The highest BCUT2D eigenvalue weighted by Gasteiger charge is 2.51. The Balaban J connectivity index is 1.47. The van der Waals surface area contributed by atoms with Crippen molar-refractivity contribution in [2.24, 2.45) is 0 Å². The van der Waals surface area contributed by atoms with E-state index >= 15 is 0 Å². The number of benzene rings is 2. The van der Waals surface area contributed by atoms with Crippen LogP contribution in [0.3, 0.4) is 0 Å². The van der Waals surface area contributed by atoms with Gasteiger partial charge in [0.05, 0.1) is 18.7 Å². The highest BCUT2D eigenvalue weighted by atomic mass is 16.6. The van der Waals surface area contributed by atoms with Crippen molar-refractivity contribution in [3.8, 4) is 34.6 Å². The van der Waals surface area contributed by atoms with Gasteiger partial charge in [-0.3, -0.25) is 0 Å². The molecule has 0 fully saturated rings. The maximum absolute atomic E-state index is 6.33. The van der Waals surface area contributed by atoms with E-state index in [9.17, 15) is 0 Å². The van der Waals surface area contributed by atoms with Gasteiger partial charge in [0.15, 0.2) is 11.5 Å². The summed E-state index contributed by atoms with van der Waals surface area (Å²) in [6.45, 7) is 2.42. The third kappa shape index (κ3) is 2.69. The molecular weight excluding hydrogens is 396 g/mol. The van der Waals surface area contributed by atoms with Gasteiger partial charge in [-0.15, -0.1) is 0 Å². The second kappa shape index (κ2) is 6.70. The Morgan fingerprint density at radius 1 is 1.00 bits per heavy atom. The smallest absolute Gasteiger partial charge is 0.213 e. The molecule has 1 aromatic heterocycles. The van der Waals surface area contributed by atoms with Crippen LogP contribution in [0.5, 0.6) is 34.6 Å². The molecule has 31 heavy (non-hydrogen) atoms. The summed E-state index contributed by atoms with van der Waals surface area (Å²) in [6.07, 6.45) is 1.67. The molecule has 0 N–H and O–H groups in total. The lowest BCUT2D eigenvalue weighted by atomic mass is 9.77. The minimum atomic E-state index is -0.355. The molecule has 3 aliphatic rings. The summed E-state index contributed by atoms with van der Waals surface area (Å²) in [5.74, 6) is 4.34. The van der Waals surface area contributed by atoms with E-state index in [1.807, 2.05) is 24.3 Å². The maximum atomic E-state index is 6.33. The number of rotatable bonds is 3. The van der Waals surface area contributed by atoms with Crippen molar-refractivity contribution in [1.82, 2.24) is 4.98 Å². The first-order valence-corrected chi connectivity index (χ1v) is 10.3. The number of anilines is 1. The monoisotopic (exact) mass is 418 g/mol. The summed E-state index contributed by atoms with van der Waals surface area (Å²) in [5.41, 5.74) is 2.99. The number of hydrogen-bond donors (Lipinski definition) is 0. The molecule has 2 aromatic carbocycles. The quantitative estimate of drug-likeness (QED) is 0.641. The fourth-order valence-corrected chi connectivity index (χ4v) is 4.83. The first kappa shape index (κ1) is 18.2. The van der Waals surface area contributed by atoms with Crippen LogP contribution in [0.1, 0.15) is 11.1 Å². The van der Waals surface area contributed by atoms with E-state index in [-0.39, 0.29) is 5.41 Å². The molecule has 1 spiro atoms. The first-order chi connectivity index (χ1) is 15.2. The molecule has 7 nitrogen and oxygen atoms in total. The van der Waals surface area contributed by atoms with E-state index in [0.29, 0.717) is 31.5 Å². The zero-order valence-electron chi connectivity index (χ0n) is 17.4. The van der Waals surface area contributed by atoms with E-state index in [1.54, 1.807) is 19.4 Å². The highest BCUT2D eigenvalue weighted by molar-refractivity contribution is 5.74. The Morgan fingerprint density at radius 2 is 1.84 bits per heavy atom. The summed E-state index contributed by atoms with van der Waals surface area (Å²) in [6, 6.07) is 13.8. The Morgan fingerprint density at radius 3 is 2.61 bits per heavy atom. The van der Waals surface area contributed by atoms with Crippen LogP contribution in [-0.2, 0) is 5.41 Å². The number of hydrogen-bond acceptors (Lipinski definition) is 7. The molecule has 4 heterocycles. The van der Waals surface area contributed by atoms with E-state index in [4.69, 9.17) is 23.7 Å². The summed E-state index contributed by atoms with van der Waals surface area (Å²) in [7, 11) is 3.69. The number of methoxy groups -OCH3 is 1. The molecule has 0 saturated carbocycles. The van der Waals surface area contributed by atoms with Crippen molar-refractivity contribution in [3.63, 3.8) is 0 Å². The summed E-state index contributed by atoms with van der Waals surface area (Å²) in [5, 5.41) is 0. The van der Waals surface area contributed by atoms with Crippen molar-refractivity contribution >= 4 is 5.69 Å². The molecule has 0 saturated heterocycles. The van der Waals surface area contributed by atoms with Gasteiger partial charge in [0.25, 0.3) is 0 Å². The fraction of sp³-hybridized carbons (Fsp3) is 0.292. The molecule has 158 valence electrons. The summed E-state index contributed by atoms with van der Waals surface area (Å²) >= 11 is 0.